The molecule has 1 fully saturated rings. The summed E-state index contributed by atoms with van der Waals surface area (Å²) in [6.07, 6.45) is 1.78. The van der Waals surface area contributed by atoms with E-state index < -0.39 is 0 Å². The predicted octanol–water partition coefficient (Wildman–Crippen LogP) is 1.09. The Balaban J connectivity index is 1.44. The molecule has 1 aliphatic rings. The highest BCUT2D eigenvalue weighted by atomic mass is 16.2. The molecule has 0 atom stereocenters. The van der Waals surface area contributed by atoms with Gasteiger partial charge in [0.2, 0.25) is 0 Å². The van der Waals surface area contributed by atoms with Crippen molar-refractivity contribution in [1.29, 1.82) is 0 Å². The van der Waals surface area contributed by atoms with Crippen molar-refractivity contribution in [3.8, 4) is 0 Å². The van der Waals surface area contributed by atoms with Crippen LogP contribution in [0.1, 0.15) is 28.5 Å². The summed E-state index contributed by atoms with van der Waals surface area (Å²) in [4.78, 5) is 48.1. The fourth-order valence-electron chi connectivity index (χ4n) is 4.22. The van der Waals surface area contributed by atoms with E-state index in [9.17, 15) is 14.4 Å². The van der Waals surface area contributed by atoms with Crippen LogP contribution < -0.4 is 21.5 Å². The van der Waals surface area contributed by atoms with Crippen molar-refractivity contribution >= 4 is 22.5 Å². The number of anilines is 1. The first-order valence-corrected chi connectivity index (χ1v) is 10.8. The lowest BCUT2D eigenvalue weighted by molar-refractivity contribution is 0.0958. The van der Waals surface area contributed by atoms with Gasteiger partial charge in [0.1, 0.15) is 5.69 Å². The van der Waals surface area contributed by atoms with Crippen molar-refractivity contribution in [2.75, 3.05) is 38.1 Å². The summed E-state index contributed by atoms with van der Waals surface area (Å²) in [5.74, 6) is -0.185. The number of carbonyl (C=O) groups excluding carboxylic acids is 1. The van der Waals surface area contributed by atoms with Crippen LogP contribution in [0.5, 0.6) is 0 Å². The van der Waals surface area contributed by atoms with Gasteiger partial charge >= 0.3 is 5.69 Å². The first-order chi connectivity index (χ1) is 15.4. The van der Waals surface area contributed by atoms with Gasteiger partial charge in [-0.25, -0.2) is 9.78 Å². The molecule has 0 radical (unpaired) electrons. The van der Waals surface area contributed by atoms with Crippen LogP contribution >= 0.6 is 0 Å². The topological polar surface area (TPSA) is 103 Å². The molecule has 3 aromatic rings. The van der Waals surface area contributed by atoms with Gasteiger partial charge in [0, 0.05) is 46.3 Å². The average Bonchev–Trinajstić information content (AvgIpc) is 2.79. The number of H-pyrrole nitrogens is 1. The maximum atomic E-state index is 12.5. The number of fused-ring (bicyclic) bond motifs is 1. The fourth-order valence-corrected chi connectivity index (χ4v) is 4.22. The second-order valence-electron chi connectivity index (χ2n) is 8.06. The Hall–Kier alpha value is -3.46. The molecule has 2 aromatic heterocycles. The smallest absolute Gasteiger partial charge is 0.328 e. The van der Waals surface area contributed by atoms with Gasteiger partial charge in [-0.3, -0.25) is 19.1 Å². The summed E-state index contributed by atoms with van der Waals surface area (Å²) in [6.45, 7) is 8.34. The molecule has 0 bridgehead atoms. The number of rotatable bonds is 5. The Morgan fingerprint density at radius 3 is 2.56 bits per heavy atom. The minimum atomic E-state index is -0.373. The van der Waals surface area contributed by atoms with Gasteiger partial charge in [0.05, 0.1) is 22.8 Å². The third-order valence-electron chi connectivity index (χ3n) is 6.02. The lowest BCUT2D eigenvalue weighted by atomic mass is 10.1. The summed E-state index contributed by atoms with van der Waals surface area (Å²) in [5, 5.41) is 3.13. The van der Waals surface area contributed by atoms with Gasteiger partial charge in [0.15, 0.2) is 0 Å². The molecule has 9 heteroatoms. The number of aryl methyl sites for hydroxylation is 1. The number of benzene rings is 1. The van der Waals surface area contributed by atoms with Crippen molar-refractivity contribution in [3.05, 3.63) is 68.1 Å². The van der Waals surface area contributed by atoms with Gasteiger partial charge in [-0.2, -0.15) is 0 Å². The number of aromatic nitrogens is 3. The van der Waals surface area contributed by atoms with Crippen molar-refractivity contribution in [2.24, 2.45) is 0 Å². The van der Waals surface area contributed by atoms with Crippen LogP contribution in [-0.4, -0.2) is 58.6 Å². The Bertz CT molecular complexity index is 1270. The molecule has 1 aliphatic heterocycles. The summed E-state index contributed by atoms with van der Waals surface area (Å²) in [5.41, 5.74) is 3.52. The van der Waals surface area contributed by atoms with E-state index in [1.807, 2.05) is 25.1 Å². The zero-order chi connectivity index (χ0) is 22.8. The van der Waals surface area contributed by atoms with Crippen LogP contribution in [0.15, 0.2) is 40.1 Å². The highest BCUT2D eigenvalue weighted by Gasteiger charge is 2.20. The molecular formula is C23H28N6O3. The van der Waals surface area contributed by atoms with E-state index in [1.54, 1.807) is 26.2 Å². The maximum absolute atomic E-state index is 12.5. The highest BCUT2D eigenvalue weighted by molar-refractivity contribution is 5.92. The van der Waals surface area contributed by atoms with Crippen molar-refractivity contribution < 1.29 is 4.79 Å². The highest BCUT2D eigenvalue weighted by Crippen LogP contribution is 2.22. The number of carbonyl (C=O) groups is 1. The average molecular weight is 437 g/mol. The van der Waals surface area contributed by atoms with Gasteiger partial charge in [-0.15, -0.1) is 0 Å². The van der Waals surface area contributed by atoms with E-state index >= 15 is 0 Å². The number of aromatic amines is 1. The van der Waals surface area contributed by atoms with Crippen molar-refractivity contribution in [1.82, 2.24) is 24.8 Å². The summed E-state index contributed by atoms with van der Waals surface area (Å²) < 4.78 is 1.21. The standard InChI is InChI=1S/C23H28N6O3/c1-4-29-22(31)17-6-5-16(12-18(17)26-23(29)32)14-27-7-9-28(10-8-27)20-13-25-19(11-15(20)2)21(30)24-3/h5-6,11-13H,4,7-10,14H2,1-3H3,(H,24,30)(H,26,32). The first kappa shape index (κ1) is 21.8. The molecule has 0 saturated carbocycles. The molecule has 2 N–H and O–H groups in total. The number of hydrogen-bond acceptors (Lipinski definition) is 6. The molecule has 0 spiro atoms. The third kappa shape index (κ3) is 4.16. The van der Waals surface area contributed by atoms with E-state index in [4.69, 9.17) is 0 Å². The Kier molecular flexibility index (Phi) is 6.09. The minimum absolute atomic E-state index is 0.185. The zero-order valence-corrected chi connectivity index (χ0v) is 18.6. The van der Waals surface area contributed by atoms with Crippen molar-refractivity contribution in [3.63, 3.8) is 0 Å². The number of pyridine rings is 1. The van der Waals surface area contributed by atoms with Crippen LogP contribution in [0.4, 0.5) is 5.69 Å². The molecule has 3 heterocycles. The summed E-state index contributed by atoms with van der Waals surface area (Å²) in [6, 6.07) is 7.48. The van der Waals surface area contributed by atoms with E-state index in [-0.39, 0.29) is 17.2 Å². The maximum Gasteiger partial charge on any atom is 0.328 e. The normalized spacial score (nSPS) is 14.7. The van der Waals surface area contributed by atoms with Gasteiger partial charge in [0.25, 0.3) is 11.5 Å². The van der Waals surface area contributed by atoms with E-state index in [0.29, 0.717) is 23.1 Å². The van der Waals surface area contributed by atoms with Crippen LogP contribution in [0.25, 0.3) is 10.9 Å². The van der Waals surface area contributed by atoms with Gasteiger partial charge in [-0.1, -0.05) is 6.07 Å². The molecule has 1 saturated heterocycles. The predicted molar refractivity (Wildman–Crippen MR) is 124 cm³/mol. The SMILES string of the molecule is CCn1c(=O)[nH]c2cc(CN3CCN(c4cnc(C(=O)NC)cc4C)CC3)ccc2c1=O. The Morgan fingerprint density at radius 2 is 1.91 bits per heavy atom. The first-order valence-electron chi connectivity index (χ1n) is 10.8. The molecular weight excluding hydrogens is 408 g/mol. The minimum Gasteiger partial charge on any atom is -0.368 e. The molecule has 1 aromatic carbocycles. The third-order valence-corrected chi connectivity index (χ3v) is 6.02. The van der Waals surface area contributed by atoms with Crippen LogP contribution in [-0.2, 0) is 13.1 Å². The number of hydrogen-bond donors (Lipinski definition) is 2. The van der Waals surface area contributed by atoms with E-state index in [0.717, 1.165) is 49.5 Å². The van der Waals surface area contributed by atoms with Crippen LogP contribution in [0, 0.1) is 6.92 Å². The summed E-state index contributed by atoms with van der Waals surface area (Å²) in [7, 11) is 1.60. The van der Waals surface area contributed by atoms with Gasteiger partial charge < -0.3 is 15.2 Å². The molecule has 1 amide bonds. The lowest BCUT2D eigenvalue weighted by Gasteiger charge is -2.36. The second kappa shape index (κ2) is 8.96. The number of piperazine rings is 1. The van der Waals surface area contributed by atoms with E-state index in [2.05, 4.69) is 25.1 Å². The monoisotopic (exact) mass is 436 g/mol. The molecule has 9 nitrogen and oxygen atoms in total. The number of nitrogens with one attached hydrogen (secondary N) is 2. The quantitative estimate of drug-likeness (QED) is 0.621. The zero-order valence-electron chi connectivity index (χ0n) is 18.6. The molecule has 168 valence electrons. The second-order valence-corrected chi connectivity index (χ2v) is 8.06. The van der Waals surface area contributed by atoms with Crippen LogP contribution in [0.2, 0.25) is 0 Å². The Labute approximate surface area is 185 Å². The molecule has 32 heavy (non-hydrogen) atoms. The summed E-state index contributed by atoms with van der Waals surface area (Å²) >= 11 is 0. The Morgan fingerprint density at radius 1 is 1.16 bits per heavy atom. The van der Waals surface area contributed by atoms with E-state index in [1.165, 1.54) is 4.57 Å². The van der Waals surface area contributed by atoms with Gasteiger partial charge in [-0.05, 0) is 43.2 Å². The van der Waals surface area contributed by atoms with Crippen LogP contribution in [0.3, 0.4) is 0 Å². The number of amides is 1. The lowest BCUT2D eigenvalue weighted by Crippen LogP contribution is -2.46. The molecule has 4 rings (SSSR count). The molecule has 0 aliphatic carbocycles. The molecule has 0 unspecified atom stereocenters. The fraction of sp³-hybridized carbons (Fsp3) is 0.391. The van der Waals surface area contributed by atoms with Crippen molar-refractivity contribution in [2.45, 2.75) is 26.9 Å². The largest absolute Gasteiger partial charge is 0.368 e. The number of nitrogens with zero attached hydrogens (tertiary/aromatic N) is 4.